The molecule has 6 amide bonds. The molecule has 2 rings (SSSR count). The molecule has 1 saturated heterocycles. The molecule has 1 aliphatic rings. The Labute approximate surface area is 308 Å². The van der Waals surface area contributed by atoms with Gasteiger partial charge in [-0.15, -0.1) is 0 Å². The van der Waals surface area contributed by atoms with Crippen molar-refractivity contribution in [3.05, 3.63) is 29.8 Å². The summed E-state index contributed by atoms with van der Waals surface area (Å²) in [5.41, 5.74) is 2.79. The van der Waals surface area contributed by atoms with Crippen LogP contribution in [-0.4, -0.2) is 130 Å². The van der Waals surface area contributed by atoms with Gasteiger partial charge in [-0.1, -0.05) is 0 Å². The summed E-state index contributed by atoms with van der Waals surface area (Å²) >= 11 is 0.0407. The maximum Gasteiger partial charge on any atom is 0.326 e. The molecule has 1 heterocycles. The van der Waals surface area contributed by atoms with Crippen LogP contribution in [0.15, 0.2) is 29.2 Å². The Bertz CT molecular complexity index is 1480. The first-order chi connectivity index (χ1) is 25.1. The summed E-state index contributed by atoms with van der Waals surface area (Å²) in [5.74, 6) is -5.81. The number of halogens is 1. The van der Waals surface area contributed by atoms with E-state index in [1.54, 1.807) is 0 Å². The van der Waals surface area contributed by atoms with Crippen molar-refractivity contribution in [3.8, 4) is 0 Å². The van der Waals surface area contributed by atoms with Crippen LogP contribution in [0.1, 0.15) is 68.1 Å². The number of benzene rings is 1. The number of likely N-dealkylation sites (N-methyl/N-ethyl adjacent to an activating group) is 1. The smallest absolute Gasteiger partial charge is 0.326 e. The van der Waals surface area contributed by atoms with Gasteiger partial charge in [0.2, 0.25) is 17.7 Å². The van der Waals surface area contributed by atoms with Crippen LogP contribution >= 0.6 is 12.1 Å². The molecule has 292 valence electrons. The van der Waals surface area contributed by atoms with Crippen LogP contribution in [0.25, 0.3) is 0 Å². The SMILES string of the molecule is CN(CC(=O)N1CC(NC(=O)CCCC(=O)NCCCCC(NC(=O)NC(CCC(=O)O)C(=O)O)C(=O)O)CC1C=O)NC(=O)c1ccc(SF)cc1. The Morgan fingerprint density at radius 2 is 1.53 bits per heavy atom. The van der Waals surface area contributed by atoms with Gasteiger partial charge in [0.15, 0.2) is 0 Å². The average molecular weight is 770 g/mol. The monoisotopic (exact) mass is 769 g/mol. The molecule has 1 aromatic carbocycles. The third kappa shape index (κ3) is 16.3. The normalized spacial score (nSPS) is 16.2. The lowest BCUT2D eigenvalue weighted by molar-refractivity contribution is -0.141. The van der Waals surface area contributed by atoms with Crippen LogP contribution in [0.4, 0.5) is 8.68 Å². The van der Waals surface area contributed by atoms with Crippen molar-refractivity contribution in [3.63, 3.8) is 0 Å². The molecular weight excluding hydrogens is 725 g/mol. The number of hydrogen-bond acceptors (Lipinski definition) is 11. The van der Waals surface area contributed by atoms with Gasteiger partial charge < -0.3 is 46.3 Å². The Morgan fingerprint density at radius 3 is 2.11 bits per heavy atom. The zero-order valence-corrected chi connectivity index (χ0v) is 29.7. The first-order valence-corrected chi connectivity index (χ1v) is 17.3. The van der Waals surface area contributed by atoms with Crippen LogP contribution in [0, 0.1) is 0 Å². The molecule has 53 heavy (non-hydrogen) atoms. The summed E-state index contributed by atoms with van der Waals surface area (Å²) in [6.45, 7) is -0.00721. The highest BCUT2D eigenvalue weighted by Crippen LogP contribution is 2.19. The van der Waals surface area contributed by atoms with Crippen molar-refractivity contribution in [1.82, 2.24) is 36.6 Å². The number of nitrogens with zero attached hydrogens (tertiary/aromatic N) is 2. The number of unbranched alkanes of at least 4 members (excludes halogenated alkanes) is 1. The van der Waals surface area contributed by atoms with E-state index in [0.717, 1.165) is 0 Å². The Balaban J connectivity index is 1.66. The lowest BCUT2D eigenvalue weighted by Crippen LogP contribution is -2.51. The predicted molar refractivity (Wildman–Crippen MR) is 184 cm³/mol. The summed E-state index contributed by atoms with van der Waals surface area (Å²) in [5, 5.41) is 38.1. The van der Waals surface area contributed by atoms with Crippen molar-refractivity contribution >= 4 is 66.0 Å². The fraction of sp³-hybridized carbons (Fsp3) is 0.531. The summed E-state index contributed by atoms with van der Waals surface area (Å²) in [6, 6.07) is 0.477. The topological polar surface area (TPSA) is 281 Å². The zero-order valence-electron chi connectivity index (χ0n) is 28.9. The maximum absolute atomic E-state index is 12.9. The molecule has 1 aliphatic heterocycles. The van der Waals surface area contributed by atoms with Crippen LogP contribution in [-0.2, 0) is 33.6 Å². The fourth-order valence-electron chi connectivity index (χ4n) is 5.26. The highest BCUT2D eigenvalue weighted by molar-refractivity contribution is 7.94. The van der Waals surface area contributed by atoms with E-state index in [1.165, 1.54) is 41.2 Å². The van der Waals surface area contributed by atoms with E-state index in [1.807, 2.05) is 5.32 Å². The van der Waals surface area contributed by atoms with Crippen molar-refractivity contribution in [2.45, 2.75) is 86.9 Å². The second kappa shape index (κ2) is 22.6. The third-order valence-corrected chi connectivity index (χ3v) is 8.41. The molecule has 0 aromatic heterocycles. The molecule has 8 N–H and O–H groups in total. The molecule has 4 unspecified atom stereocenters. The van der Waals surface area contributed by atoms with Crippen LogP contribution in [0.3, 0.4) is 0 Å². The lowest BCUT2D eigenvalue weighted by Gasteiger charge is -2.24. The fourth-order valence-corrected chi connectivity index (χ4v) is 5.49. The van der Waals surface area contributed by atoms with Crippen molar-refractivity contribution < 1.29 is 62.4 Å². The van der Waals surface area contributed by atoms with E-state index in [9.17, 15) is 52.1 Å². The minimum atomic E-state index is -1.52. The number of carboxylic acid groups (broad SMARTS) is 3. The largest absolute Gasteiger partial charge is 0.481 e. The molecule has 19 nitrogen and oxygen atoms in total. The molecule has 21 heteroatoms. The summed E-state index contributed by atoms with van der Waals surface area (Å²) in [6.07, 6.45) is 0.684. The van der Waals surface area contributed by atoms with E-state index in [2.05, 4.69) is 21.4 Å². The van der Waals surface area contributed by atoms with E-state index in [-0.39, 0.29) is 87.7 Å². The molecule has 0 bridgehead atoms. The van der Waals surface area contributed by atoms with Crippen LogP contribution in [0.5, 0.6) is 0 Å². The molecule has 1 aromatic rings. The van der Waals surface area contributed by atoms with E-state index < -0.39 is 72.8 Å². The Hall–Kier alpha value is -5.31. The van der Waals surface area contributed by atoms with Crippen LogP contribution < -0.4 is 26.7 Å². The van der Waals surface area contributed by atoms with Crippen LogP contribution in [0.2, 0.25) is 0 Å². The second-order valence-corrected chi connectivity index (χ2v) is 12.8. The highest BCUT2D eigenvalue weighted by Gasteiger charge is 2.36. The molecule has 4 atom stereocenters. The molecule has 0 aliphatic carbocycles. The maximum atomic E-state index is 12.9. The Morgan fingerprint density at radius 1 is 0.906 bits per heavy atom. The van der Waals surface area contributed by atoms with Gasteiger partial charge in [-0.2, -0.15) is 3.89 Å². The first-order valence-electron chi connectivity index (χ1n) is 16.6. The van der Waals surface area contributed by atoms with Gasteiger partial charge in [0.25, 0.3) is 5.91 Å². The van der Waals surface area contributed by atoms with Gasteiger partial charge in [-0.25, -0.2) is 19.4 Å². The minimum absolute atomic E-state index is 0.00352. The third-order valence-electron chi connectivity index (χ3n) is 7.96. The molecular formula is C32H44FN7O12S. The first kappa shape index (κ1) is 43.9. The standard InChI is InChI=1S/C32H44FN7O12S/c1-39(38-29(47)19-8-10-22(53-33)11-9-19)17-27(44)40-16-20(15-21(40)18-41)35-26(43)7-4-6-25(42)34-14-3-2-5-23(30(48)49)36-32(52)37-24(31(50)51)12-13-28(45)46/h8-11,18,20-21,23-24H,2-7,12-17H2,1H3,(H,34,42)(H,35,43)(H,38,47)(H,45,46)(H,48,49)(H,50,51)(H2,36,37,52). The predicted octanol–water partition coefficient (Wildman–Crippen LogP) is 0.0516. The number of aliphatic carboxylic acids is 3. The van der Waals surface area contributed by atoms with Gasteiger partial charge in [-0.3, -0.25) is 29.4 Å². The van der Waals surface area contributed by atoms with Gasteiger partial charge in [0.1, 0.15) is 18.4 Å². The van der Waals surface area contributed by atoms with Gasteiger partial charge in [0, 0.05) is 55.9 Å². The highest BCUT2D eigenvalue weighted by atomic mass is 32.2. The second-order valence-electron chi connectivity index (χ2n) is 12.2. The number of carboxylic acids is 3. The number of hydrazine groups is 1. The molecule has 0 spiro atoms. The molecule has 0 radical (unpaired) electrons. The summed E-state index contributed by atoms with van der Waals surface area (Å²) < 4.78 is 12.6. The van der Waals surface area contributed by atoms with E-state index in [0.29, 0.717) is 17.6 Å². The quantitative estimate of drug-likeness (QED) is 0.0415. The van der Waals surface area contributed by atoms with E-state index in [4.69, 9.17) is 10.2 Å². The summed E-state index contributed by atoms with van der Waals surface area (Å²) in [7, 11) is 1.47. The number of aldehydes is 1. The molecule has 1 fully saturated rings. The lowest BCUT2D eigenvalue weighted by atomic mass is 10.1. The van der Waals surface area contributed by atoms with Gasteiger partial charge in [0.05, 0.1) is 24.7 Å². The molecule has 0 saturated carbocycles. The number of carbonyl (C=O) groups excluding carboxylic acids is 6. The van der Waals surface area contributed by atoms with Gasteiger partial charge in [-0.05, 0) is 62.8 Å². The average Bonchev–Trinajstić information content (AvgIpc) is 3.51. The zero-order chi connectivity index (χ0) is 39.5. The van der Waals surface area contributed by atoms with E-state index >= 15 is 0 Å². The minimum Gasteiger partial charge on any atom is -0.481 e. The number of carbonyl (C=O) groups is 9. The number of rotatable bonds is 23. The number of likely N-dealkylation sites (tertiary alicyclic amines) is 1. The number of urea groups is 1. The summed E-state index contributed by atoms with van der Waals surface area (Å²) in [4.78, 5) is 109. The number of nitrogens with one attached hydrogen (secondary N) is 5. The number of amides is 6. The van der Waals surface area contributed by atoms with Crippen molar-refractivity contribution in [2.75, 3.05) is 26.7 Å². The van der Waals surface area contributed by atoms with Crippen molar-refractivity contribution in [1.29, 1.82) is 0 Å². The number of hydrogen-bond donors (Lipinski definition) is 8. The van der Waals surface area contributed by atoms with Gasteiger partial charge >= 0.3 is 23.9 Å². The Kier molecular flexibility index (Phi) is 18.7. The van der Waals surface area contributed by atoms with Crippen molar-refractivity contribution in [2.24, 2.45) is 0 Å².